The first-order valence-electron chi connectivity index (χ1n) is 10.1. The van der Waals surface area contributed by atoms with Gasteiger partial charge in [0.25, 0.3) is 11.6 Å². The van der Waals surface area contributed by atoms with Crippen LogP contribution in [0.1, 0.15) is 15.9 Å². The van der Waals surface area contributed by atoms with Crippen LogP contribution in [-0.2, 0) is 4.79 Å². The molecule has 0 spiro atoms. The number of benzene rings is 3. The van der Waals surface area contributed by atoms with Crippen molar-refractivity contribution in [1.82, 2.24) is 0 Å². The second-order valence-electron chi connectivity index (χ2n) is 6.93. The van der Waals surface area contributed by atoms with E-state index >= 15 is 0 Å². The monoisotopic (exact) mass is 473 g/mol. The van der Waals surface area contributed by atoms with E-state index in [1.54, 1.807) is 24.3 Å². The smallest absolute Gasteiger partial charge is 0.343 e. The van der Waals surface area contributed by atoms with Crippen molar-refractivity contribution in [2.75, 3.05) is 19.5 Å². The van der Waals surface area contributed by atoms with Gasteiger partial charge in [0, 0.05) is 6.07 Å². The molecule has 35 heavy (non-hydrogen) atoms. The highest BCUT2D eigenvalue weighted by Gasteiger charge is 2.18. The van der Waals surface area contributed by atoms with Crippen LogP contribution in [0.5, 0.6) is 17.2 Å². The van der Waals surface area contributed by atoms with Gasteiger partial charge in [-0.15, -0.1) is 0 Å². The molecule has 10 heteroatoms. The third-order valence-corrected chi connectivity index (χ3v) is 4.74. The maximum atomic E-state index is 12.6. The molecule has 10 nitrogen and oxygen atoms in total. The fraction of sp³-hybridized carbons (Fsp3) is 0.0800. The molecular formula is C25H19N3O7. The summed E-state index contributed by atoms with van der Waals surface area (Å²) in [6.07, 6.45) is 1.26. The minimum absolute atomic E-state index is 0.0486. The molecule has 0 fully saturated rings. The van der Waals surface area contributed by atoms with Crippen molar-refractivity contribution in [3.05, 3.63) is 93.5 Å². The van der Waals surface area contributed by atoms with Gasteiger partial charge in [0.15, 0.2) is 11.5 Å². The lowest BCUT2D eigenvalue weighted by Crippen LogP contribution is -2.14. The Morgan fingerprint density at radius 3 is 2.34 bits per heavy atom. The molecule has 0 aliphatic carbocycles. The van der Waals surface area contributed by atoms with Crippen LogP contribution in [0.2, 0.25) is 0 Å². The molecule has 0 bridgehead atoms. The number of amides is 1. The van der Waals surface area contributed by atoms with Gasteiger partial charge < -0.3 is 19.5 Å². The molecule has 0 radical (unpaired) electrons. The summed E-state index contributed by atoms with van der Waals surface area (Å²) in [7, 11) is 2.91. The summed E-state index contributed by atoms with van der Waals surface area (Å²) in [5.41, 5.74) is -0.0449. The molecule has 0 aromatic heterocycles. The van der Waals surface area contributed by atoms with Crippen LogP contribution in [0, 0.1) is 21.4 Å². The molecule has 0 aliphatic rings. The van der Waals surface area contributed by atoms with Gasteiger partial charge in [-0.1, -0.05) is 18.2 Å². The number of carbonyl (C=O) groups is 2. The third-order valence-electron chi connectivity index (χ3n) is 4.74. The van der Waals surface area contributed by atoms with E-state index in [1.807, 2.05) is 0 Å². The first-order valence-corrected chi connectivity index (χ1v) is 10.1. The number of hydrogen-bond donors (Lipinski definition) is 1. The largest absolute Gasteiger partial charge is 0.497 e. The van der Waals surface area contributed by atoms with Crippen LogP contribution >= 0.6 is 0 Å². The molecule has 3 aromatic carbocycles. The zero-order chi connectivity index (χ0) is 25.4. The molecule has 0 unspecified atom stereocenters. The van der Waals surface area contributed by atoms with Gasteiger partial charge in [-0.2, -0.15) is 5.26 Å². The summed E-state index contributed by atoms with van der Waals surface area (Å²) in [6.45, 7) is 0. The Kier molecular flexibility index (Phi) is 7.77. The highest BCUT2D eigenvalue weighted by molar-refractivity contribution is 6.10. The molecule has 0 aliphatic heterocycles. The molecular weight excluding hydrogens is 454 g/mol. The molecule has 0 heterocycles. The Hall–Kier alpha value is -5.17. The number of ether oxygens (including phenoxy) is 3. The fourth-order valence-corrected chi connectivity index (χ4v) is 2.99. The molecule has 0 saturated heterocycles. The van der Waals surface area contributed by atoms with Crippen LogP contribution in [0.3, 0.4) is 0 Å². The Morgan fingerprint density at radius 1 is 1.00 bits per heavy atom. The number of nitro groups is 1. The highest BCUT2D eigenvalue weighted by Crippen LogP contribution is 2.30. The van der Waals surface area contributed by atoms with E-state index in [-0.39, 0.29) is 34.0 Å². The molecule has 1 amide bonds. The van der Waals surface area contributed by atoms with Crippen LogP contribution in [0.25, 0.3) is 6.08 Å². The molecule has 176 valence electrons. The van der Waals surface area contributed by atoms with E-state index in [1.165, 1.54) is 68.8 Å². The van der Waals surface area contributed by atoms with E-state index in [0.717, 1.165) is 0 Å². The summed E-state index contributed by atoms with van der Waals surface area (Å²) in [4.78, 5) is 35.7. The summed E-state index contributed by atoms with van der Waals surface area (Å²) in [5, 5.41) is 23.0. The average Bonchev–Trinajstić information content (AvgIpc) is 2.87. The summed E-state index contributed by atoms with van der Waals surface area (Å²) >= 11 is 0. The number of carbonyl (C=O) groups excluding carboxylic acids is 2. The van der Waals surface area contributed by atoms with Gasteiger partial charge in [-0.3, -0.25) is 14.9 Å². The van der Waals surface area contributed by atoms with Gasteiger partial charge in [-0.05, 0) is 54.1 Å². The maximum Gasteiger partial charge on any atom is 0.343 e. The third kappa shape index (κ3) is 6.00. The first kappa shape index (κ1) is 24.5. The number of nitrogens with one attached hydrogen (secondary N) is 1. The summed E-state index contributed by atoms with van der Waals surface area (Å²) in [6, 6.07) is 18.1. The molecule has 1 N–H and O–H groups in total. The Bertz CT molecular complexity index is 1340. The average molecular weight is 473 g/mol. The Labute approximate surface area is 200 Å². The fourth-order valence-electron chi connectivity index (χ4n) is 2.99. The quantitative estimate of drug-likeness (QED) is 0.127. The van der Waals surface area contributed by atoms with Gasteiger partial charge in [0.05, 0.1) is 24.7 Å². The predicted octanol–water partition coefficient (Wildman–Crippen LogP) is 4.38. The van der Waals surface area contributed by atoms with Gasteiger partial charge in [-0.25, -0.2) is 4.79 Å². The Morgan fingerprint density at radius 2 is 1.71 bits per heavy atom. The number of hydrogen-bond acceptors (Lipinski definition) is 8. The normalized spacial score (nSPS) is 10.6. The highest BCUT2D eigenvalue weighted by atomic mass is 16.6. The van der Waals surface area contributed by atoms with Crippen molar-refractivity contribution in [3.63, 3.8) is 0 Å². The predicted molar refractivity (Wildman–Crippen MR) is 126 cm³/mol. The SMILES string of the molecule is COc1ccc(C(=O)Oc2cc(/C=C(\C#N)C(=O)Nc3ccccc3[N+](=O)[O-])ccc2OC)cc1. The second kappa shape index (κ2) is 11.1. The summed E-state index contributed by atoms with van der Waals surface area (Å²) < 4.78 is 15.8. The van der Waals surface area contributed by atoms with Crippen molar-refractivity contribution in [2.24, 2.45) is 0 Å². The Balaban J connectivity index is 1.85. The van der Waals surface area contributed by atoms with E-state index in [0.29, 0.717) is 11.3 Å². The zero-order valence-electron chi connectivity index (χ0n) is 18.7. The number of nitro benzene ring substituents is 1. The van der Waals surface area contributed by atoms with Crippen LogP contribution < -0.4 is 19.5 Å². The number of nitriles is 1. The molecule has 0 atom stereocenters. The summed E-state index contributed by atoms with van der Waals surface area (Å²) in [5.74, 6) is -0.587. The van der Waals surface area contributed by atoms with Crippen molar-refractivity contribution >= 4 is 29.3 Å². The van der Waals surface area contributed by atoms with E-state index < -0.39 is 16.8 Å². The number of esters is 1. The minimum atomic E-state index is -0.839. The molecule has 3 rings (SSSR count). The van der Waals surface area contributed by atoms with E-state index in [9.17, 15) is 25.0 Å². The number of rotatable bonds is 8. The van der Waals surface area contributed by atoms with E-state index in [4.69, 9.17) is 14.2 Å². The lowest BCUT2D eigenvalue weighted by molar-refractivity contribution is -0.383. The maximum absolute atomic E-state index is 12.6. The molecule has 3 aromatic rings. The lowest BCUT2D eigenvalue weighted by atomic mass is 10.1. The minimum Gasteiger partial charge on any atom is -0.497 e. The van der Waals surface area contributed by atoms with Crippen LogP contribution in [0.4, 0.5) is 11.4 Å². The van der Waals surface area contributed by atoms with Gasteiger partial charge in [0.1, 0.15) is 23.1 Å². The lowest BCUT2D eigenvalue weighted by Gasteiger charge is -2.11. The van der Waals surface area contributed by atoms with Gasteiger partial charge >= 0.3 is 5.97 Å². The second-order valence-corrected chi connectivity index (χ2v) is 6.93. The number of anilines is 1. The van der Waals surface area contributed by atoms with Crippen LogP contribution in [0.15, 0.2) is 72.3 Å². The standard InChI is InChI=1S/C25H19N3O7/c1-33-19-10-8-17(9-11-19)25(30)35-23-14-16(7-12-22(23)34-2)13-18(15-26)24(29)27-20-5-3-4-6-21(20)28(31)32/h3-14H,1-2H3,(H,27,29)/b18-13+. The zero-order valence-corrected chi connectivity index (χ0v) is 18.7. The van der Waals surface area contributed by atoms with Crippen molar-refractivity contribution in [3.8, 4) is 23.3 Å². The van der Waals surface area contributed by atoms with Crippen LogP contribution in [-0.4, -0.2) is 31.0 Å². The number of methoxy groups -OCH3 is 2. The van der Waals surface area contributed by atoms with Gasteiger partial charge in [0.2, 0.25) is 0 Å². The number of nitrogens with zero attached hydrogens (tertiary/aromatic N) is 2. The van der Waals surface area contributed by atoms with E-state index in [2.05, 4.69) is 5.32 Å². The topological polar surface area (TPSA) is 141 Å². The number of para-hydroxylation sites is 2. The molecule has 0 saturated carbocycles. The first-order chi connectivity index (χ1) is 16.9. The van der Waals surface area contributed by atoms with Crippen molar-refractivity contribution in [2.45, 2.75) is 0 Å². The van der Waals surface area contributed by atoms with Crippen molar-refractivity contribution < 1.29 is 28.7 Å². The van der Waals surface area contributed by atoms with Crippen molar-refractivity contribution in [1.29, 1.82) is 5.26 Å².